The minimum absolute atomic E-state index is 0.239. The molecule has 2 nitrogen and oxygen atoms in total. The van der Waals surface area contributed by atoms with Crippen LogP contribution in [-0.4, -0.2) is 5.71 Å². The summed E-state index contributed by atoms with van der Waals surface area (Å²) in [4.78, 5) is 1.26. The van der Waals surface area contributed by atoms with Gasteiger partial charge in [0, 0.05) is 10.9 Å². The SMILES string of the molecule is Brc1ccc([C@H]2CC(c3cccs3)=NN2c2ccccc2)cc1. The van der Waals surface area contributed by atoms with Gasteiger partial charge in [-0.05, 0) is 41.3 Å². The summed E-state index contributed by atoms with van der Waals surface area (Å²) in [6, 6.07) is 23.4. The molecule has 0 bridgehead atoms. The van der Waals surface area contributed by atoms with Crippen molar-refractivity contribution in [3.05, 3.63) is 87.0 Å². The Kier molecular flexibility index (Phi) is 4.02. The molecule has 23 heavy (non-hydrogen) atoms. The Balaban J connectivity index is 1.74. The molecule has 1 aromatic heterocycles. The predicted molar refractivity (Wildman–Crippen MR) is 101 cm³/mol. The minimum atomic E-state index is 0.239. The number of rotatable bonds is 3. The van der Waals surface area contributed by atoms with E-state index in [1.54, 1.807) is 11.3 Å². The first-order chi connectivity index (χ1) is 11.3. The van der Waals surface area contributed by atoms with Gasteiger partial charge in [-0.15, -0.1) is 11.3 Å². The summed E-state index contributed by atoms with van der Waals surface area (Å²) in [6.07, 6.45) is 0.928. The fraction of sp³-hybridized carbons (Fsp3) is 0.105. The summed E-state index contributed by atoms with van der Waals surface area (Å²) >= 11 is 5.27. The second-order valence-electron chi connectivity index (χ2n) is 5.48. The standard InChI is InChI=1S/C19H15BrN2S/c20-15-10-8-14(9-11-15)18-13-17(19-7-4-12-23-19)21-22(18)16-5-2-1-3-6-16/h1-12,18H,13H2/t18-/m1/s1. The van der Waals surface area contributed by atoms with Gasteiger partial charge in [0.1, 0.15) is 0 Å². The molecule has 114 valence electrons. The third-order valence-corrected chi connectivity index (χ3v) is 5.44. The van der Waals surface area contributed by atoms with Gasteiger partial charge in [0.2, 0.25) is 0 Å². The van der Waals surface area contributed by atoms with Gasteiger partial charge in [0.15, 0.2) is 0 Å². The average Bonchev–Trinajstić information content (AvgIpc) is 3.26. The maximum atomic E-state index is 4.93. The summed E-state index contributed by atoms with van der Waals surface area (Å²) in [5.41, 5.74) is 3.58. The number of hydrazone groups is 1. The zero-order valence-electron chi connectivity index (χ0n) is 12.4. The molecule has 0 unspecified atom stereocenters. The molecule has 0 N–H and O–H groups in total. The maximum Gasteiger partial charge on any atom is 0.0832 e. The molecule has 3 aromatic rings. The van der Waals surface area contributed by atoms with E-state index in [2.05, 4.69) is 87.0 Å². The van der Waals surface area contributed by atoms with Crippen molar-refractivity contribution in [2.45, 2.75) is 12.5 Å². The van der Waals surface area contributed by atoms with Gasteiger partial charge in [0.25, 0.3) is 0 Å². The Bertz CT molecular complexity index is 810. The largest absolute Gasteiger partial charge is 0.257 e. The number of nitrogens with zero attached hydrogens (tertiary/aromatic N) is 2. The van der Waals surface area contributed by atoms with Crippen LogP contribution in [0.3, 0.4) is 0 Å². The highest BCUT2D eigenvalue weighted by Crippen LogP contribution is 2.37. The lowest BCUT2D eigenvalue weighted by Crippen LogP contribution is -2.18. The lowest BCUT2D eigenvalue weighted by atomic mass is 10.0. The lowest BCUT2D eigenvalue weighted by Gasteiger charge is -2.24. The van der Waals surface area contributed by atoms with Crippen molar-refractivity contribution < 1.29 is 0 Å². The van der Waals surface area contributed by atoms with Crippen LogP contribution >= 0.6 is 27.3 Å². The van der Waals surface area contributed by atoms with Crippen molar-refractivity contribution >= 4 is 38.7 Å². The molecule has 2 heterocycles. The molecule has 1 aliphatic rings. The van der Waals surface area contributed by atoms with Gasteiger partial charge < -0.3 is 0 Å². The summed E-state index contributed by atoms with van der Waals surface area (Å²) in [6.45, 7) is 0. The van der Waals surface area contributed by atoms with Crippen LogP contribution in [0, 0.1) is 0 Å². The molecule has 0 fully saturated rings. The highest BCUT2D eigenvalue weighted by atomic mass is 79.9. The summed E-state index contributed by atoms with van der Waals surface area (Å²) < 4.78 is 1.10. The first kappa shape index (κ1) is 14.7. The third kappa shape index (κ3) is 2.96. The Labute approximate surface area is 148 Å². The molecule has 0 spiro atoms. The van der Waals surface area contributed by atoms with Crippen LogP contribution in [0.1, 0.15) is 22.9 Å². The quantitative estimate of drug-likeness (QED) is 0.553. The second-order valence-corrected chi connectivity index (χ2v) is 7.34. The van der Waals surface area contributed by atoms with Crippen molar-refractivity contribution in [1.82, 2.24) is 0 Å². The highest BCUT2D eigenvalue weighted by Gasteiger charge is 2.30. The molecule has 4 rings (SSSR count). The van der Waals surface area contributed by atoms with Crippen LogP contribution in [0.2, 0.25) is 0 Å². The fourth-order valence-electron chi connectivity index (χ4n) is 2.87. The van der Waals surface area contributed by atoms with Crippen molar-refractivity contribution in [3.63, 3.8) is 0 Å². The van der Waals surface area contributed by atoms with E-state index in [0.717, 1.165) is 22.3 Å². The number of anilines is 1. The molecular formula is C19H15BrN2S. The number of hydrogen-bond donors (Lipinski definition) is 0. The van der Waals surface area contributed by atoms with E-state index in [0.29, 0.717) is 0 Å². The molecule has 4 heteroatoms. The number of thiophene rings is 1. The molecule has 0 radical (unpaired) electrons. The van der Waals surface area contributed by atoms with Gasteiger partial charge in [-0.1, -0.05) is 52.3 Å². The zero-order chi connectivity index (χ0) is 15.6. The van der Waals surface area contributed by atoms with E-state index in [9.17, 15) is 0 Å². The highest BCUT2D eigenvalue weighted by molar-refractivity contribution is 9.10. The smallest absolute Gasteiger partial charge is 0.0832 e. The zero-order valence-corrected chi connectivity index (χ0v) is 14.8. The van der Waals surface area contributed by atoms with Crippen LogP contribution in [-0.2, 0) is 0 Å². The topological polar surface area (TPSA) is 15.6 Å². The predicted octanol–water partition coefficient (Wildman–Crippen LogP) is 5.87. The molecule has 0 aliphatic carbocycles. The normalized spacial score (nSPS) is 17.3. The first-order valence-corrected chi connectivity index (χ1v) is 9.19. The van der Waals surface area contributed by atoms with Gasteiger partial charge in [-0.25, -0.2) is 0 Å². The maximum absolute atomic E-state index is 4.93. The van der Waals surface area contributed by atoms with E-state index in [4.69, 9.17) is 5.10 Å². The van der Waals surface area contributed by atoms with Crippen molar-refractivity contribution in [3.8, 4) is 0 Å². The van der Waals surface area contributed by atoms with E-state index >= 15 is 0 Å². The minimum Gasteiger partial charge on any atom is -0.257 e. The summed E-state index contributed by atoms with van der Waals surface area (Å²) in [5, 5.41) is 9.19. The van der Waals surface area contributed by atoms with E-state index in [-0.39, 0.29) is 6.04 Å². The lowest BCUT2D eigenvalue weighted by molar-refractivity contribution is 0.709. The van der Waals surface area contributed by atoms with E-state index in [1.165, 1.54) is 10.4 Å². The number of halogens is 1. The number of para-hydroxylation sites is 1. The van der Waals surface area contributed by atoms with Gasteiger partial charge in [-0.2, -0.15) is 5.10 Å². The number of benzene rings is 2. The molecule has 0 saturated carbocycles. The van der Waals surface area contributed by atoms with Crippen LogP contribution in [0.25, 0.3) is 0 Å². The van der Waals surface area contributed by atoms with Crippen LogP contribution in [0.15, 0.2) is 81.7 Å². The van der Waals surface area contributed by atoms with Crippen LogP contribution in [0.5, 0.6) is 0 Å². The fourth-order valence-corrected chi connectivity index (χ4v) is 3.85. The van der Waals surface area contributed by atoms with E-state index < -0.39 is 0 Å². The average molecular weight is 383 g/mol. The first-order valence-electron chi connectivity index (χ1n) is 7.52. The van der Waals surface area contributed by atoms with Gasteiger partial charge >= 0.3 is 0 Å². The summed E-state index contributed by atoms with van der Waals surface area (Å²) in [5.74, 6) is 0. The molecule has 2 aromatic carbocycles. The Morgan fingerprint density at radius 2 is 1.74 bits per heavy atom. The monoisotopic (exact) mass is 382 g/mol. The Morgan fingerprint density at radius 3 is 2.43 bits per heavy atom. The van der Waals surface area contributed by atoms with Crippen LogP contribution < -0.4 is 5.01 Å². The van der Waals surface area contributed by atoms with Crippen LogP contribution in [0.4, 0.5) is 5.69 Å². The molecule has 1 atom stereocenters. The van der Waals surface area contributed by atoms with Gasteiger partial charge in [0.05, 0.1) is 22.3 Å². The number of hydrogen-bond acceptors (Lipinski definition) is 3. The van der Waals surface area contributed by atoms with Crippen molar-refractivity contribution in [2.24, 2.45) is 5.10 Å². The Morgan fingerprint density at radius 1 is 0.957 bits per heavy atom. The van der Waals surface area contributed by atoms with Gasteiger partial charge in [-0.3, -0.25) is 5.01 Å². The summed E-state index contributed by atoms with van der Waals surface area (Å²) in [7, 11) is 0. The van der Waals surface area contributed by atoms with E-state index in [1.807, 2.05) is 6.07 Å². The molecule has 1 aliphatic heterocycles. The molecule has 0 amide bonds. The third-order valence-electron chi connectivity index (χ3n) is 3.99. The second kappa shape index (κ2) is 6.30. The molecular weight excluding hydrogens is 368 g/mol. The van der Waals surface area contributed by atoms with Crippen molar-refractivity contribution in [2.75, 3.05) is 5.01 Å². The Hall–Kier alpha value is -1.91. The van der Waals surface area contributed by atoms with Crippen molar-refractivity contribution in [1.29, 1.82) is 0 Å². The molecule has 0 saturated heterocycles.